The van der Waals surface area contributed by atoms with Gasteiger partial charge in [-0.05, 0) is 24.1 Å². The van der Waals surface area contributed by atoms with Gasteiger partial charge in [0.15, 0.2) is 0 Å². The first kappa shape index (κ1) is 22.2. The minimum atomic E-state index is -3.45. The Kier molecular flexibility index (Phi) is 7.38. The summed E-state index contributed by atoms with van der Waals surface area (Å²) >= 11 is 0. The van der Waals surface area contributed by atoms with Gasteiger partial charge in [0.1, 0.15) is 5.82 Å². The molecule has 162 valence electrons. The Morgan fingerprint density at radius 1 is 1.03 bits per heavy atom. The third kappa shape index (κ3) is 5.14. The van der Waals surface area contributed by atoms with Gasteiger partial charge in [0.05, 0.1) is 11.1 Å². The summed E-state index contributed by atoms with van der Waals surface area (Å²) < 4.78 is 26.6. The van der Waals surface area contributed by atoms with Crippen LogP contribution < -0.4 is 4.90 Å². The van der Waals surface area contributed by atoms with Crippen LogP contribution in [0.1, 0.15) is 25.8 Å². The first-order valence-corrected chi connectivity index (χ1v) is 11.8. The number of aromatic nitrogens is 2. The van der Waals surface area contributed by atoms with Crippen molar-refractivity contribution < 1.29 is 13.2 Å². The molecule has 2 heterocycles. The van der Waals surface area contributed by atoms with E-state index in [9.17, 15) is 13.2 Å². The molecule has 1 amide bonds. The van der Waals surface area contributed by atoms with Crippen LogP contribution in [-0.4, -0.2) is 72.8 Å². The summed E-state index contributed by atoms with van der Waals surface area (Å²) in [6.45, 7) is 7.35. The summed E-state index contributed by atoms with van der Waals surface area (Å²) in [6, 6.07) is 6.87. The molecule has 30 heavy (non-hydrogen) atoms. The van der Waals surface area contributed by atoms with Crippen LogP contribution in [0.3, 0.4) is 0 Å². The Bertz CT molecular complexity index is 923. The second kappa shape index (κ2) is 9.99. The van der Waals surface area contributed by atoms with Crippen molar-refractivity contribution in [2.45, 2.75) is 31.6 Å². The maximum atomic E-state index is 12.6. The van der Waals surface area contributed by atoms with Crippen molar-refractivity contribution in [2.75, 3.05) is 44.2 Å². The second-order valence-electron chi connectivity index (χ2n) is 7.16. The van der Waals surface area contributed by atoms with Crippen LogP contribution in [-0.2, 0) is 21.2 Å². The van der Waals surface area contributed by atoms with Crippen molar-refractivity contribution >= 4 is 21.7 Å². The maximum Gasteiger partial charge on any atom is 0.243 e. The fraction of sp³-hybridized carbons (Fsp3) is 0.476. The van der Waals surface area contributed by atoms with E-state index in [0.717, 1.165) is 24.5 Å². The predicted octanol–water partition coefficient (Wildman–Crippen LogP) is 1.79. The van der Waals surface area contributed by atoms with E-state index in [4.69, 9.17) is 0 Å². The number of aryl methyl sites for hydroxylation is 1. The molecule has 3 rings (SSSR count). The van der Waals surface area contributed by atoms with Crippen LogP contribution >= 0.6 is 0 Å². The van der Waals surface area contributed by atoms with Crippen LogP contribution in [0.2, 0.25) is 0 Å². The normalized spacial score (nSPS) is 14.9. The van der Waals surface area contributed by atoms with Crippen molar-refractivity contribution in [1.29, 1.82) is 0 Å². The lowest BCUT2D eigenvalue weighted by Gasteiger charge is -2.35. The summed E-state index contributed by atoms with van der Waals surface area (Å²) in [5.74, 6) is 0.956. The molecule has 1 aromatic heterocycles. The van der Waals surface area contributed by atoms with Crippen molar-refractivity contribution in [3.05, 3.63) is 48.4 Å². The van der Waals surface area contributed by atoms with E-state index in [1.54, 1.807) is 42.9 Å². The monoisotopic (exact) mass is 431 g/mol. The van der Waals surface area contributed by atoms with Crippen molar-refractivity contribution in [1.82, 2.24) is 19.2 Å². The van der Waals surface area contributed by atoms with Crippen molar-refractivity contribution in [3.8, 4) is 0 Å². The molecule has 1 aromatic carbocycles. The van der Waals surface area contributed by atoms with E-state index in [2.05, 4.69) is 14.9 Å². The Hall–Kier alpha value is -2.52. The molecule has 0 atom stereocenters. The van der Waals surface area contributed by atoms with E-state index in [1.165, 1.54) is 4.31 Å². The average Bonchev–Trinajstić information content (AvgIpc) is 2.79. The molecule has 0 N–H and O–H groups in total. The maximum absolute atomic E-state index is 12.6. The second-order valence-corrected chi connectivity index (χ2v) is 9.10. The quantitative estimate of drug-likeness (QED) is 0.633. The third-order valence-corrected chi connectivity index (χ3v) is 7.46. The molecule has 0 unspecified atom stereocenters. The van der Waals surface area contributed by atoms with Gasteiger partial charge in [-0.25, -0.2) is 13.4 Å². The standard InChI is InChI=1S/C21H29N5O3S/c1-3-26(4-2)30(28,29)19-8-5-18(6-9-19)7-10-21(27)25-15-13-24(14-16-25)20-17-22-11-12-23-20/h5-6,8-9,11-12,17H,3-4,7,10,13-16H2,1-2H3. The smallest absolute Gasteiger partial charge is 0.243 e. The molecular formula is C21H29N5O3S. The van der Waals surface area contributed by atoms with Crippen molar-refractivity contribution in [2.24, 2.45) is 0 Å². The summed E-state index contributed by atoms with van der Waals surface area (Å²) in [7, 11) is -3.45. The fourth-order valence-electron chi connectivity index (χ4n) is 3.59. The number of hydrogen-bond acceptors (Lipinski definition) is 6. The first-order valence-electron chi connectivity index (χ1n) is 10.3. The lowest BCUT2D eigenvalue weighted by atomic mass is 10.1. The lowest BCUT2D eigenvalue weighted by Crippen LogP contribution is -2.49. The molecule has 0 aliphatic carbocycles. The lowest BCUT2D eigenvalue weighted by molar-refractivity contribution is -0.131. The highest BCUT2D eigenvalue weighted by atomic mass is 32.2. The molecule has 0 saturated carbocycles. The van der Waals surface area contributed by atoms with Crippen LogP contribution in [0.25, 0.3) is 0 Å². The molecule has 1 aliphatic rings. The minimum absolute atomic E-state index is 0.119. The summed E-state index contributed by atoms with van der Waals surface area (Å²) in [6.07, 6.45) is 6.06. The van der Waals surface area contributed by atoms with E-state index in [-0.39, 0.29) is 5.91 Å². The van der Waals surface area contributed by atoms with Crippen LogP contribution in [0.15, 0.2) is 47.8 Å². The Balaban J connectivity index is 1.51. The van der Waals surface area contributed by atoms with Gasteiger partial charge in [0, 0.05) is 58.1 Å². The molecule has 1 aliphatic heterocycles. The molecule has 0 spiro atoms. The molecule has 1 saturated heterocycles. The predicted molar refractivity (Wildman–Crippen MR) is 116 cm³/mol. The zero-order valence-corrected chi connectivity index (χ0v) is 18.4. The Morgan fingerprint density at radius 3 is 2.27 bits per heavy atom. The number of rotatable bonds is 8. The number of anilines is 1. The summed E-state index contributed by atoms with van der Waals surface area (Å²) in [4.78, 5) is 25.3. The van der Waals surface area contributed by atoms with Gasteiger partial charge in [-0.1, -0.05) is 26.0 Å². The van der Waals surface area contributed by atoms with Gasteiger partial charge >= 0.3 is 0 Å². The molecule has 9 heteroatoms. The van der Waals surface area contributed by atoms with Gasteiger partial charge in [-0.3, -0.25) is 9.78 Å². The molecule has 8 nitrogen and oxygen atoms in total. The number of benzene rings is 1. The van der Waals surface area contributed by atoms with Gasteiger partial charge < -0.3 is 9.80 Å². The number of sulfonamides is 1. The Labute approximate surface area is 178 Å². The molecule has 1 fully saturated rings. The van der Waals surface area contributed by atoms with Crippen LogP contribution in [0, 0.1) is 0 Å². The largest absolute Gasteiger partial charge is 0.352 e. The highest BCUT2D eigenvalue weighted by molar-refractivity contribution is 7.89. The fourth-order valence-corrected chi connectivity index (χ4v) is 5.05. The zero-order valence-electron chi connectivity index (χ0n) is 17.6. The van der Waals surface area contributed by atoms with Gasteiger partial charge in [-0.15, -0.1) is 0 Å². The van der Waals surface area contributed by atoms with Crippen molar-refractivity contribution in [3.63, 3.8) is 0 Å². The van der Waals surface area contributed by atoms with E-state index < -0.39 is 10.0 Å². The molecular weight excluding hydrogens is 402 g/mol. The van der Waals surface area contributed by atoms with Gasteiger partial charge in [-0.2, -0.15) is 4.31 Å². The van der Waals surface area contributed by atoms with Gasteiger partial charge in [0.25, 0.3) is 0 Å². The minimum Gasteiger partial charge on any atom is -0.352 e. The van der Waals surface area contributed by atoms with E-state index in [1.807, 2.05) is 18.7 Å². The van der Waals surface area contributed by atoms with Crippen LogP contribution in [0.4, 0.5) is 5.82 Å². The molecule has 0 bridgehead atoms. The number of nitrogens with zero attached hydrogens (tertiary/aromatic N) is 5. The SMILES string of the molecule is CCN(CC)S(=O)(=O)c1ccc(CCC(=O)N2CCN(c3cnccn3)CC2)cc1. The number of carbonyl (C=O) groups excluding carboxylic acids is 1. The summed E-state index contributed by atoms with van der Waals surface area (Å²) in [5, 5.41) is 0. The van der Waals surface area contributed by atoms with Gasteiger partial charge in [0.2, 0.25) is 15.9 Å². The van der Waals surface area contributed by atoms with E-state index >= 15 is 0 Å². The Morgan fingerprint density at radius 2 is 1.70 bits per heavy atom. The third-order valence-electron chi connectivity index (χ3n) is 5.40. The number of hydrogen-bond donors (Lipinski definition) is 0. The highest BCUT2D eigenvalue weighted by Gasteiger charge is 2.23. The summed E-state index contributed by atoms with van der Waals surface area (Å²) in [5.41, 5.74) is 0.958. The molecule has 2 aromatic rings. The zero-order chi connectivity index (χ0) is 21.6. The van der Waals surface area contributed by atoms with Crippen LogP contribution in [0.5, 0.6) is 0 Å². The first-order chi connectivity index (χ1) is 14.5. The highest BCUT2D eigenvalue weighted by Crippen LogP contribution is 2.18. The topological polar surface area (TPSA) is 86.7 Å². The number of piperazine rings is 1. The number of carbonyl (C=O) groups is 1. The number of amides is 1. The molecule has 0 radical (unpaired) electrons. The average molecular weight is 432 g/mol. The van der Waals surface area contributed by atoms with E-state index in [0.29, 0.717) is 43.9 Å².